The van der Waals surface area contributed by atoms with Crippen LogP contribution in [0.25, 0.3) is 0 Å². The Bertz CT molecular complexity index is 724. The van der Waals surface area contributed by atoms with Crippen molar-refractivity contribution >= 4 is 23.3 Å². The van der Waals surface area contributed by atoms with Crippen LogP contribution in [-0.4, -0.2) is 31.1 Å². The standard InChI is InChI=1S/C19H22N2O3/c1-13(12-14-8-10-15(11-9-14)21(2)3)18(22)20-17-7-5-4-6-16(17)19(23)24/h4-11,13H,12H2,1-3H3,(H,20,22)(H,23,24). The largest absolute Gasteiger partial charge is 0.478 e. The molecule has 126 valence electrons. The summed E-state index contributed by atoms with van der Waals surface area (Å²) >= 11 is 0. The number of amides is 1. The van der Waals surface area contributed by atoms with Crippen molar-refractivity contribution in [2.24, 2.45) is 5.92 Å². The Morgan fingerprint density at radius 2 is 1.71 bits per heavy atom. The summed E-state index contributed by atoms with van der Waals surface area (Å²) < 4.78 is 0. The third-order valence-electron chi connectivity index (χ3n) is 3.86. The van der Waals surface area contributed by atoms with Gasteiger partial charge in [0.2, 0.25) is 5.91 Å². The molecular weight excluding hydrogens is 304 g/mol. The van der Waals surface area contributed by atoms with E-state index in [1.165, 1.54) is 6.07 Å². The van der Waals surface area contributed by atoms with E-state index in [-0.39, 0.29) is 17.4 Å². The minimum absolute atomic E-state index is 0.0911. The smallest absolute Gasteiger partial charge is 0.337 e. The first-order chi connectivity index (χ1) is 11.4. The van der Waals surface area contributed by atoms with Gasteiger partial charge in [-0.3, -0.25) is 4.79 Å². The van der Waals surface area contributed by atoms with Gasteiger partial charge in [-0.05, 0) is 36.2 Å². The first-order valence-corrected chi connectivity index (χ1v) is 7.78. The van der Waals surface area contributed by atoms with Gasteiger partial charge in [0.1, 0.15) is 0 Å². The fourth-order valence-corrected chi connectivity index (χ4v) is 2.41. The van der Waals surface area contributed by atoms with Crippen molar-refractivity contribution in [2.75, 3.05) is 24.3 Å². The fourth-order valence-electron chi connectivity index (χ4n) is 2.41. The molecule has 1 atom stereocenters. The summed E-state index contributed by atoms with van der Waals surface area (Å²) in [6.45, 7) is 1.83. The van der Waals surface area contributed by atoms with Crippen molar-refractivity contribution in [1.29, 1.82) is 0 Å². The maximum atomic E-state index is 12.4. The predicted molar refractivity (Wildman–Crippen MR) is 95.7 cm³/mol. The zero-order valence-electron chi connectivity index (χ0n) is 14.1. The van der Waals surface area contributed by atoms with Crippen molar-refractivity contribution in [2.45, 2.75) is 13.3 Å². The monoisotopic (exact) mass is 326 g/mol. The molecule has 0 aliphatic rings. The highest BCUT2D eigenvalue weighted by molar-refractivity contribution is 6.01. The second-order valence-corrected chi connectivity index (χ2v) is 6.01. The predicted octanol–water partition coefficient (Wildman–Crippen LogP) is 3.27. The van der Waals surface area contributed by atoms with Crippen LogP contribution in [0.1, 0.15) is 22.8 Å². The van der Waals surface area contributed by atoms with Crippen LogP contribution in [0, 0.1) is 5.92 Å². The molecule has 2 aromatic rings. The van der Waals surface area contributed by atoms with Crippen molar-refractivity contribution in [3.8, 4) is 0 Å². The van der Waals surface area contributed by atoms with E-state index in [1.807, 2.05) is 50.2 Å². The Balaban J connectivity index is 2.03. The van der Waals surface area contributed by atoms with E-state index < -0.39 is 5.97 Å². The lowest BCUT2D eigenvalue weighted by Gasteiger charge is -2.15. The van der Waals surface area contributed by atoms with Crippen LogP contribution in [0.4, 0.5) is 11.4 Å². The van der Waals surface area contributed by atoms with Crippen molar-refractivity contribution in [3.63, 3.8) is 0 Å². The third-order valence-corrected chi connectivity index (χ3v) is 3.86. The zero-order valence-corrected chi connectivity index (χ0v) is 14.1. The number of nitrogens with one attached hydrogen (secondary N) is 1. The normalized spacial score (nSPS) is 11.6. The first-order valence-electron chi connectivity index (χ1n) is 7.78. The van der Waals surface area contributed by atoms with Crippen LogP contribution in [0.2, 0.25) is 0 Å². The van der Waals surface area contributed by atoms with E-state index in [4.69, 9.17) is 5.11 Å². The highest BCUT2D eigenvalue weighted by atomic mass is 16.4. The summed E-state index contributed by atoms with van der Waals surface area (Å²) in [4.78, 5) is 25.6. The molecule has 0 spiro atoms. The molecule has 0 aliphatic heterocycles. The molecule has 2 N–H and O–H groups in total. The second-order valence-electron chi connectivity index (χ2n) is 6.01. The number of carboxylic acids is 1. The fraction of sp³-hybridized carbons (Fsp3) is 0.263. The topological polar surface area (TPSA) is 69.6 Å². The molecule has 0 heterocycles. The lowest BCUT2D eigenvalue weighted by Crippen LogP contribution is -2.23. The Labute approximate surface area is 141 Å². The number of para-hydroxylation sites is 1. The van der Waals surface area contributed by atoms with Gasteiger partial charge in [0, 0.05) is 25.7 Å². The summed E-state index contributed by atoms with van der Waals surface area (Å²) in [5, 5.41) is 11.9. The average molecular weight is 326 g/mol. The van der Waals surface area contributed by atoms with Gasteiger partial charge in [0.05, 0.1) is 11.3 Å². The molecule has 0 bridgehead atoms. The van der Waals surface area contributed by atoms with Gasteiger partial charge >= 0.3 is 5.97 Å². The quantitative estimate of drug-likeness (QED) is 0.855. The molecule has 5 heteroatoms. The first kappa shape index (κ1) is 17.5. The third kappa shape index (κ3) is 4.35. The molecule has 1 unspecified atom stereocenters. The molecule has 0 saturated heterocycles. The van der Waals surface area contributed by atoms with Gasteiger partial charge in [-0.2, -0.15) is 0 Å². The van der Waals surface area contributed by atoms with Crippen LogP contribution in [-0.2, 0) is 11.2 Å². The molecule has 5 nitrogen and oxygen atoms in total. The van der Waals surface area contributed by atoms with E-state index in [0.29, 0.717) is 12.1 Å². The number of aromatic carboxylic acids is 1. The van der Waals surface area contributed by atoms with Gasteiger partial charge in [-0.25, -0.2) is 4.79 Å². The molecule has 24 heavy (non-hydrogen) atoms. The zero-order chi connectivity index (χ0) is 17.7. The van der Waals surface area contributed by atoms with Gasteiger partial charge in [0.25, 0.3) is 0 Å². The minimum atomic E-state index is -1.06. The van der Waals surface area contributed by atoms with E-state index in [0.717, 1.165) is 11.3 Å². The number of hydrogen-bond donors (Lipinski definition) is 2. The number of carbonyl (C=O) groups is 2. The summed E-state index contributed by atoms with van der Waals surface area (Å²) in [7, 11) is 3.95. The Morgan fingerprint density at radius 1 is 1.08 bits per heavy atom. The molecule has 0 radical (unpaired) electrons. The van der Waals surface area contributed by atoms with Gasteiger partial charge in [0.15, 0.2) is 0 Å². The van der Waals surface area contributed by atoms with Crippen LogP contribution >= 0.6 is 0 Å². The molecule has 0 aliphatic carbocycles. The van der Waals surface area contributed by atoms with E-state index >= 15 is 0 Å². The number of anilines is 2. The number of hydrogen-bond acceptors (Lipinski definition) is 3. The van der Waals surface area contributed by atoms with Gasteiger partial charge in [-0.1, -0.05) is 31.2 Å². The van der Waals surface area contributed by atoms with Gasteiger partial charge < -0.3 is 15.3 Å². The molecule has 0 saturated carbocycles. The molecule has 2 aromatic carbocycles. The van der Waals surface area contributed by atoms with Crippen LogP contribution in [0.3, 0.4) is 0 Å². The van der Waals surface area contributed by atoms with Crippen molar-refractivity contribution in [3.05, 3.63) is 59.7 Å². The maximum Gasteiger partial charge on any atom is 0.337 e. The van der Waals surface area contributed by atoms with E-state index in [1.54, 1.807) is 18.2 Å². The second kappa shape index (κ2) is 7.64. The van der Waals surface area contributed by atoms with Crippen molar-refractivity contribution < 1.29 is 14.7 Å². The number of nitrogens with zero attached hydrogens (tertiary/aromatic N) is 1. The van der Waals surface area contributed by atoms with Crippen LogP contribution < -0.4 is 10.2 Å². The Morgan fingerprint density at radius 3 is 2.29 bits per heavy atom. The van der Waals surface area contributed by atoms with E-state index in [2.05, 4.69) is 5.32 Å². The summed E-state index contributed by atoms with van der Waals surface area (Å²) in [5.74, 6) is -1.52. The summed E-state index contributed by atoms with van der Waals surface area (Å²) in [5.41, 5.74) is 2.58. The lowest BCUT2D eigenvalue weighted by atomic mass is 9.99. The number of rotatable bonds is 6. The van der Waals surface area contributed by atoms with Crippen LogP contribution in [0.5, 0.6) is 0 Å². The summed E-state index contributed by atoms with van der Waals surface area (Å²) in [6, 6.07) is 14.4. The summed E-state index contributed by atoms with van der Waals surface area (Å²) in [6.07, 6.45) is 0.592. The lowest BCUT2D eigenvalue weighted by molar-refractivity contribution is -0.119. The molecular formula is C19H22N2O3. The Kier molecular flexibility index (Phi) is 5.58. The highest BCUT2D eigenvalue weighted by Gasteiger charge is 2.17. The minimum Gasteiger partial charge on any atom is -0.478 e. The van der Waals surface area contributed by atoms with Gasteiger partial charge in [-0.15, -0.1) is 0 Å². The van der Waals surface area contributed by atoms with Crippen molar-refractivity contribution in [1.82, 2.24) is 0 Å². The number of carbonyl (C=O) groups excluding carboxylic acids is 1. The molecule has 0 aromatic heterocycles. The van der Waals surface area contributed by atoms with E-state index in [9.17, 15) is 9.59 Å². The molecule has 2 rings (SSSR count). The Hall–Kier alpha value is -2.82. The highest BCUT2D eigenvalue weighted by Crippen LogP contribution is 2.19. The molecule has 0 fully saturated rings. The maximum absolute atomic E-state index is 12.4. The number of carboxylic acid groups (broad SMARTS) is 1. The number of benzene rings is 2. The SMILES string of the molecule is CC(Cc1ccc(N(C)C)cc1)C(=O)Nc1ccccc1C(=O)O. The van der Waals surface area contributed by atoms with Crippen LogP contribution in [0.15, 0.2) is 48.5 Å². The molecule has 1 amide bonds. The average Bonchev–Trinajstić information content (AvgIpc) is 2.55.